The van der Waals surface area contributed by atoms with Gasteiger partial charge in [0.2, 0.25) is 10.0 Å². The Labute approximate surface area is 184 Å². The quantitative estimate of drug-likeness (QED) is 0.743. The van der Waals surface area contributed by atoms with Gasteiger partial charge in [0.05, 0.1) is 6.61 Å². The number of benzene rings is 2. The molecule has 2 aliphatic heterocycles. The van der Waals surface area contributed by atoms with Crippen LogP contribution < -0.4 is 5.32 Å². The molecule has 0 radical (unpaired) electrons. The average molecular weight is 443 g/mol. The van der Waals surface area contributed by atoms with Crippen molar-refractivity contribution in [3.05, 3.63) is 71.3 Å². The number of carbonyl (C=O) groups excluding carboxylic acids is 1. The van der Waals surface area contributed by atoms with Crippen LogP contribution in [0, 0.1) is 5.92 Å². The fourth-order valence-electron chi connectivity index (χ4n) is 4.38. The third-order valence-electron chi connectivity index (χ3n) is 6.33. The molecule has 3 unspecified atom stereocenters. The molecule has 1 amide bonds. The maximum Gasteiger partial charge on any atom is 0.251 e. The number of ether oxygens (including phenoxy) is 1. The molecule has 31 heavy (non-hydrogen) atoms. The minimum atomic E-state index is -3.47. The van der Waals surface area contributed by atoms with E-state index in [1.165, 1.54) is 0 Å². The zero-order valence-electron chi connectivity index (χ0n) is 17.9. The summed E-state index contributed by atoms with van der Waals surface area (Å²) in [5.74, 6) is 0.271. The van der Waals surface area contributed by atoms with Gasteiger partial charge in [-0.3, -0.25) is 4.79 Å². The van der Waals surface area contributed by atoms with E-state index in [2.05, 4.69) is 5.32 Å². The molecule has 2 aliphatic rings. The number of nitrogens with one attached hydrogen (secondary N) is 1. The molecule has 0 spiro atoms. The van der Waals surface area contributed by atoms with E-state index in [1.54, 1.807) is 16.4 Å². The topological polar surface area (TPSA) is 75.7 Å². The molecular weight excluding hydrogens is 412 g/mol. The first-order valence-electron chi connectivity index (χ1n) is 11.0. The lowest BCUT2D eigenvalue weighted by molar-refractivity contribution is 0.0945. The highest BCUT2D eigenvalue weighted by Crippen LogP contribution is 2.38. The van der Waals surface area contributed by atoms with Gasteiger partial charge in [0.25, 0.3) is 5.91 Å². The number of hydrogen-bond donors (Lipinski definition) is 1. The highest BCUT2D eigenvalue weighted by molar-refractivity contribution is 7.89. The van der Waals surface area contributed by atoms with Crippen LogP contribution in [0.2, 0.25) is 0 Å². The molecule has 166 valence electrons. The van der Waals surface area contributed by atoms with Gasteiger partial charge in [-0.15, -0.1) is 0 Å². The first-order chi connectivity index (χ1) is 14.9. The molecule has 2 saturated heterocycles. The molecule has 0 aromatic heterocycles. The second-order valence-electron chi connectivity index (χ2n) is 8.55. The van der Waals surface area contributed by atoms with Gasteiger partial charge in [0, 0.05) is 37.2 Å². The van der Waals surface area contributed by atoms with Crippen LogP contribution in [0.4, 0.5) is 0 Å². The van der Waals surface area contributed by atoms with Crippen molar-refractivity contribution in [2.75, 3.05) is 19.8 Å². The van der Waals surface area contributed by atoms with Crippen molar-refractivity contribution in [3.8, 4) is 0 Å². The van der Waals surface area contributed by atoms with Crippen molar-refractivity contribution in [2.24, 2.45) is 5.92 Å². The second kappa shape index (κ2) is 9.51. The molecule has 0 saturated carbocycles. The summed E-state index contributed by atoms with van der Waals surface area (Å²) in [5, 5.41) is 2.46. The number of nitrogens with zero attached hydrogens (tertiary/aromatic N) is 1. The molecule has 2 aromatic carbocycles. The lowest BCUT2D eigenvalue weighted by Crippen LogP contribution is -2.44. The molecule has 0 bridgehead atoms. The normalized spacial score (nSPS) is 25.9. The van der Waals surface area contributed by atoms with Crippen molar-refractivity contribution in [3.63, 3.8) is 0 Å². The van der Waals surface area contributed by atoms with Crippen molar-refractivity contribution in [1.29, 1.82) is 0 Å². The molecule has 3 atom stereocenters. The molecule has 1 N–H and O–H groups in total. The van der Waals surface area contributed by atoms with Crippen LogP contribution >= 0.6 is 0 Å². The Hall–Kier alpha value is -2.22. The number of hydrogen-bond acceptors (Lipinski definition) is 4. The van der Waals surface area contributed by atoms with Gasteiger partial charge in [-0.1, -0.05) is 42.5 Å². The number of amides is 1. The summed E-state index contributed by atoms with van der Waals surface area (Å²) < 4.78 is 33.7. The highest BCUT2D eigenvalue weighted by atomic mass is 32.2. The van der Waals surface area contributed by atoms with E-state index in [9.17, 15) is 13.2 Å². The van der Waals surface area contributed by atoms with Crippen LogP contribution in [0.5, 0.6) is 0 Å². The van der Waals surface area contributed by atoms with Crippen LogP contribution in [-0.2, 0) is 21.3 Å². The van der Waals surface area contributed by atoms with Crippen molar-refractivity contribution >= 4 is 15.9 Å². The van der Waals surface area contributed by atoms with Gasteiger partial charge in [-0.25, -0.2) is 8.42 Å². The third kappa shape index (κ3) is 5.00. The summed E-state index contributed by atoms with van der Waals surface area (Å²) in [6.45, 7) is 4.36. The van der Waals surface area contributed by atoms with Crippen LogP contribution in [0.15, 0.2) is 54.6 Å². The SMILES string of the molecule is CC1CCC(c2ccccc2)S(=O)(=O)N1Cc1ccc(C(=O)NCC2CCOC2)cc1. The summed E-state index contributed by atoms with van der Waals surface area (Å²) in [6.07, 6.45) is 2.44. The van der Waals surface area contributed by atoms with Crippen LogP contribution in [-0.4, -0.2) is 44.4 Å². The Morgan fingerprint density at radius 1 is 1.06 bits per heavy atom. The van der Waals surface area contributed by atoms with Crippen LogP contribution in [0.1, 0.15) is 52.9 Å². The van der Waals surface area contributed by atoms with Gasteiger partial charge >= 0.3 is 0 Å². The predicted octanol–water partition coefficient (Wildman–Crippen LogP) is 3.51. The summed E-state index contributed by atoms with van der Waals surface area (Å²) in [6, 6.07) is 16.6. The largest absolute Gasteiger partial charge is 0.381 e. The Morgan fingerprint density at radius 2 is 1.81 bits per heavy atom. The molecule has 4 rings (SSSR count). The van der Waals surface area contributed by atoms with E-state index in [1.807, 2.05) is 49.4 Å². The molecular formula is C24H30N2O4S. The van der Waals surface area contributed by atoms with E-state index < -0.39 is 15.3 Å². The fourth-order valence-corrected chi connectivity index (χ4v) is 6.57. The maximum atomic E-state index is 13.4. The Morgan fingerprint density at radius 3 is 2.48 bits per heavy atom. The van der Waals surface area contributed by atoms with Gasteiger partial charge in [0.15, 0.2) is 0 Å². The Bertz CT molecular complexity index is 986. The summed E-state index contributed by atoms with van der Waals surface area (Å²) in [7, 11) is -3.47. The number of rotatable bonds is 6. The molecule has 0 aliphatic carbocycles. The predicted molar refractivity (Wildman–Crippen MR) is 120 cm³/mol. The van der Waals surface area contributed by atoms with E-state index in [4.69, 9.17) is 4.74 Å². The molecule has 6 nitrogen and oxygen atoms in total. The van der Waals surface area contributed by atoms with Gasteiger partial charge in [-0.05, 0) is 49.4 Å². The molecule has 7 heteroatoms. The lowest BCUT2D eigenvalue weighted by Gasteiger charge is -2.37. The maximum absolute atomic E-state index is 13.4. The van der Waals surface area contributed by atoms with Gasteiger partial charge in [-0.2, -0.15) is 4.31 Å². The fraction of sp³-hybridized carbons (Fsp3) is 0.458. The third-order valence-corrected chi connectivity index (χ3v) is 8.70. The van der Waals surface area contributed by atoms with Crippen LogP contribution in [0.3, 0.4) is 0 Å². The smallest absolute Gasteiger partial charge is 0.251 e. The summed E-state index contributed by atoms with van der Waals surface area (Å²) >= 11 is 0. The number of carbonyl (C=O) groups is 1. The van der Waals surface area contributed by atoms with Crippen molar-refractivity contribution in [1.82, 2.24) is 9.62 Å². The Balaban J connectivity index is 1.43. The minimum Gasteiger partial charge on any atom is -0.381 e. The average Bonchev–Trinajstić information content (AvgIpc) is 3.29. The zero-order chi connectivity index (χ0) is 21.8. The van der Waals surface area contributed by atoms with E-state index in [0.29, 0.717) is 37.6 Å². The van der Waals surface area contributed by atoms with Gasteiger partial charge < -0.3 is 10.1 Å². The first kappa shape index (κ1) is 22.0. The minimum absolute atomic E-state index is 0.0541. The zero-order valence-corrected chi connectivity index (χ0v) is 18.7. The molecule has 2 aromatic rings. The van der Waals surface area contributed by atoms with Gasteiger partial charge in [0.1, 0.15) is 5.25 Å². The summed E-state index contributed by atoms with van der Waals surface area (Å²) in [4.78, 5) is 12.4. The summed E-state index contributed by atoms with van der Waals surface area (Å²) in [5.41, 5.74) is 2.31. The lowest BCUT2D eigenvalue weighted by atomic mass is 10.0. The molecule has 2 heterocycles. The monoisotopic (exact) mass is 442 g/mol. The molecule has 2 fully saturated rings. The van der Waals surface area contributed by atoms with Crippen LogP contribution in [0.25, 0.3) is 0 Å². The van der Waals surface area contributed by atoms with E-state index in [-0.39, 0.29) is 11.9 Å². The van der Waals surface area contributed by atoms with Crippen molar-refractivity contribution < 1.29 is 17.9 Å². The highest BCUT2D eigenvalue weighted by Gasteiger charge is 2.40. The standard InChI is InChI=1S/C24H30N2O4S/c1-18-7-12-23(21-5-3-2-4-6-21)31(28,29)26(18)16-19-8-10-22(11-9-19)24(27)25-15-20-13-14-30-17-20/h2-6,8-11,18,20,23H,7,12-17H2,1H3,(H,25,27). The number of sulfonamides is 1. The van der Waals surface area contributed by atoms with Crippen molar-refractivity contribution in [2.45, 2.75) is 44.0 Å². The van der Waals surface area contributed by atoms with E-state index >= 15 is 0 Å². The Kier molecular flexibility index (Phi) is 6.74. The second-order valence-corrected chi connectivity index (χ2v) is 10.6. The first-order valence-corrected chi connectivity index (χ1v) is 12.5. The van der Waals surface area contributed by atoms with E-state index in [0.717, 1.165) is 30.6 Å².